The van der Waals surface area contributed by atoms with Crippen LogP contribution in [0.1, 0.15) is 5.56 Å². The van der Waals surface area contributed by atoms with Gasteiger partial charge in [-0.3, -0.25) is 4.90 Å². The first-order valence-electron chi connectivity index (χ1n) is 5.37. The molecule has 1 rings (SSSR count). The number of nitrogens with zero attached hydrogens (tertiary/aromatic N) is 2. The number of aliphatic hydroxyl groups excluding tert-OH is 1. The number of hydrogen-bond donors (Lipinski definition) is 3. The van der Waals surface area contributed by atoms with Gasteiger partial charge in [-0.05, 0) is 18.2 Å². The lowest BCUT2D eigenvalue weighted by atomic mass is 10.2. The summed E-state index contributed by atoms with van der Waals surface area (Å²) in [5.41, 5.74) is 0.827. The van der Waals surface area contributed by atoms with E-state index < -0.39 is 24.6 Å². The van der Waals surface area contributed by atoms with Crippen molar-refractivity contribution in [2.45, 2.75) is 6.04 Å². The molecule has 0 spiro atoms. The van der Waals surface area contributed by atoms with Gasteiger partial charge in [0.15, 0.2) is 6.04 Å². The van der Waals surface area contributed by atoms with Gasteiger partial charge in [0.2, 0.25) is 0 Å². The molecule has 0 unspecified atom stereocenters. The molecule has 0 aliphatic heterocycles. The summed E-state index contributed by atoms with van der Waals surface area (Å²) in [4.78, 5) is 23.6. The van der Waals surface area contributed by atoms with E-state index in [1.54, 1.807) is 18.2 Å². The third-order valence-electron chi connectivity index (χ3n) is 2.45. The second kappa shape index (κ2) is 6.37. The average molecular weight is 263 g/mol. The Balaban J connectivity index is 2.82. The van der Waals surface area contributed by atoms with E-state index in [1.807, 2.05) is 6.07 Å². The van der Waals surface area contributed by atoms with Crippen LogP contribution in [0.5, 0.6) is 0 Å². The van der Waals surface area contributed by atoms with Crippen molar-refractivity contribution in [2.75, 3.05) is 18.6 Å². The van der Waals surface area contributed by atoms with Gasteiger partial charge in [0, 0.05) is 12.7 Å². The molecular weight excluding hydrogens is 250 g/mol. The zero-order valence-corrected chi connectivity index (χ0v) is 10.2. The van der Waals surface area contributed by atoms with Crippen molar-refractivity contribution < 1.29 is 19.8 Å². The molecule has 3 N–H and O–H groups in total. The molecule has 1 atom stereocenters. The predicted molar refractivity (Wildman–Crippen MR) is 66.6 cm³/mol. The number of nitriles is 1. The Bertz CT molecular complexity index is 524. The van der Waals surface area contributed by atoms with Crippen molar-refractivity contribution in [3.05, 3.63) is 29.8 Å². The van der Waals surface area contributed by atoms with Gasteiger partial charge in [-0.1, -0.05) is 6.07 Å². The summed E-state index contributed by atoms with van der Waals surface area (Å²) < 4.78 is 0. The zero-order chi connectivity index (χ0) is 14.4. The molecule has 7 nitrogen and oxygen atoms in total. The van der Waals surface area contributed by atoms with E-state index in [2.05, 4.69) is 5.32 Å². The van der Waals surface area contributed by atoms with Crippen LogP contribution in [0.25, 0.3) is 0 Å². The normalized spacial score (nSPS) is 11.2. The number of hydrogen-bond acceptors (Lipinski definition) is 4. The van der Waals surface area contributed by atoms with Crippen LogP contribution in [0, 0.1) is 11.3 Å². The van der Waals surface area contributed by atoms with Crippen molar-refractivity contribution in [1.82, 2.24) is 5.32 Å². The van der Waals surface area contributed by atoms with Crippen LogP contribution in [-0.2, 0) is 4.79 Å². The van der Waals surface area contributed by atoms with Crippen molar-refractivity contribution >= 4 is 17.7 Å². The zero-order valence-electron chi connectivity index (χ0n) is 10.2. The van der Waals surface area contributed by atoms with Crippen LogP contribution >= 0.6 is 0 Å². The van der Waals surface area contributed by atoms with E-state index in [4.69, 9.17) is 15.5 Å². The van der Waals surface area contributed by atoms with Crippen LogP contribution in [0.3, 0.4) is 0 Å². The maximum Gasteiger partial charge on any atom is 0.328 e. The summed E-state index contributed by atoms with van der Waals surface area (Å²) in [5.74, 6) is -1.32. The lowest BCUT2D eigenvalue weighted by Crippen LogP contribution is -2.48. The van der Waals surface area contributed by atoms with Gasteiger partial charge in [-0.2, -0.15) is 5.26 Å². The van der Waals surface area contributed by atoms with Crippen molar-refractivity contribution in [3.63, 3.8) is 0 Å². The minimum atomic E-state index is -1.37. The summed E-state index contributed by atoms with van der Waals surface area (Å²) in [6, 6.07) is 6.18. The topological polar surface area (TPSA) is 114 Å². The molecule has 0 aromatic heterocycles. The second-order valence-electron chi connectivity index (χ2n) is 3.74. The van der Waals surface area contributed by atoms with Crippen molar-refractivity contribution in [3.8, 4) is 6.07 Å². The third kappa shape index (κ3) is 3.69. The number of rotatable bonds is 4. The molecule has 0 radical (unpaired) electrons. The van der Waals surface area contributed by atoms with E-state index in [9.17, 15) is 9.59 Å². The van der Waals surface area contributed by atoms with Crippen LogP contribution < -0.4 is 10.2 Å². The van der Waals surface area contributed by atoms with Crippen LogP contribution in [-0.4, -0.2) is 41.9 Å². The van der Waals surface area contributed by atoms with Gasteiger partial charge in [0.25, 0.3) is 0 Å². The highest BCUT2D eigenvalue weighted by Crippen LogP contribution is 2.14. The number of aliphatic carboxylic acids is 1. The van der Waals surface area contributed by atoms with Gasteiger partial charge in [-0.15, -0.1) is 0 Å². The van der Waals surface area contributed by atoms with Crippen LogP contribution in [0.4, 0.5) is 10.5 Å². The second-order valence-corrected chi connectivity index (χ2v) is 3.74. The lowest BCUT2D eigenvalue weighted by molar-refractivity contribution is -0.140. The molecule has 0 heterocycles. The number of aliphatic hydroxyl groups is 1. The molecule has 0 aliphatic carbocycles. The van der Waals surface area contributed by atoms with E-state index in [-0.39, 0.29) is 0 Å². The van der Waals surface area contributed by atoms with E-state index in [0.29, 0.717) is 11.3 Å². The number of benzene rings is 1. The molecule has 7 heteroatoms. The minimum Gasteiger partial charge on any atom is -0.480 e. The highest BCUT2D eigenvalue weighted by molar-refractivity contribution is 5.94. The highest BCUT2D eigenvalue weighted by atomic mass is 16.4. The summed E-state index contributed by atoms with van der Waals surface area (Å²) in [5, 5.41) is 28.5. The average Bonchev–Trinajstić information content (AvgIpc) is 2.43. The van der Waals surface area contributed by atoms with E-state index in [1.165, 1.54) is 13.1 Å². The number of amides is 2. The summed E-state index contributed by atoms with van der Waals surface area (Å²) in [6.07, 6.45) is 0. The minimum absolute atomic E-state index is 0.383. The standard InChI is InChI=1S/C12H13N3O4/c1-15(9-4-2-3-8(5-9)6-13)12(19)14-10(7-16)11(17)18/h2-5,10,16H,7H2,1H3,(H,14,19)(H,17,18)/t10-/m1/s1. The monoisotopic (exact) mass is 263 g/mol. The molecule has 0 saturated heterocycles. The molecule has 19 heavy (non-hydrogen) atoms. The number of carbonyl (C=O) groups excluding carboxylic acids is 1. The van der Waals surface area contributed by atoms with E-state index in [0.717, 1.165) is 4.90 Å². The first-order valence-corrected chi connectivity index (χ1v) is 5.37. The number of carboxylic acids is 1. The van der Waals surface area contributed by atoms with Crippen molar-refractivity contribution in [1.29, 1.82) is 5.26 Å². The number of carboxylic acid groups (broad SMARTS) is 1. The fourth-order valence-corrected chi connectivity index (χ4v) is 1.33. The summed E-state index contributed by atoms with van der Waals surface area (Å²) >= 11 is 0. The Morgan fingerprint density at radius 2 is 2.21 bits per heavy atom. The largest absolute Gasteiger partial charge is 0.480 e. The first-order chi connectivity index (χ1) is 8.99. The number of carbonyl (C=O) groups is 2. The molecule has 0 aliphatic rings. The van der Waals surface area contributed by atoms with Crippen LogP contribution in [0.15, 0.2) is 24.3 Å². The number of nitrogens with one attached hydrogen (secondary N) is 1. The molecule has 100 valence electrons. The third-order valence-corrected chi connectivity index (χ3v) is 2.45. The molecule has 0 saturated carbocycles. The van der Waals surface area contributed by atoms with Crippen molar-refractivity contribution in [2.24, 2.45) is 0 Å². The number of urea groups is 1. The van der Waals surface area contributed by atoms with Gasteiger partial charge in [-0.25, -0.2) is 9.59 Å². The smallest absolute Gasteiger partial charge is 0.328 e. The summed E-state index contributed by atoms with van der Waals surface area (Å²) in [7, 11) is 1.43. The summed E-state index contributed by atoms with van der Waals surface area (Å²) in [6.45, 7) is -0.701. The van der Waals surface area contributed by atoms with Gasteiger partial charge in [0.1, 0.15) is 0 Å². The Hall–Kier alpha value is -2.59. The fourth-order valence-electron chi connectivity index (χ4n) is 1.33. The Morgan fingerprint density at radius 3 is 2.74 bits per heavy atom. The Labute approximate surface area is 109 Å². The Morgan fingerprint density at radius 1 is 1.53 bits per heavy atom. The lowest BCUT2D eigenvalue weighted by Gasteiger charge is -2.20. The molecule has 0 fully saturated rings. The molecule has 1 aromatic carbocycles. The molecular formula is C12H13N3O4. The highest BCUT2D eigenvalue weighted by Gasteiger charge is 2.21. The SMILES string of the molecule is CN(C(=O)N[C@H](CO)C(=O)O)c1cccc(C#N)c1. The van der Waals surface area contributed by atoms with E-state index >= 15 is 0 Å². The molecule has 1 aromatic rings. The predicted octanol–water partition coefficient (Wildman–Crippen LogP) is 0.150. The number of anilines is 1. The first kappa shape index (κ1) is 14.5. The van der Waals surface area contributed by atoms with Gasteiger partial charge < -0.3 is 15.5 Å². The molecule has 0 bridgehead atoms. The fraction of sp³-hybridized carbons (Fsp3) is 0.250. The maximum atomic E-state index is 11.8. The van der Waals surface area contributed by atoms with Crippen LogP contribution in [0.2, 0.25) is 0 Å². The molecule has 2 amide bonds. The van der Waals surface area contributed by atoms with Gasteiger partial charge in [0.05, 0.1) is 18.2 Å². The van der Waals surface area contributed by atoms with Gasteiger partial charge >= 0.3 is 12.0 Å². The maximum absolute atomic E-state index is 11.8. The quantitative estimate of drug-likeness (QED) is 0.715. The Kier molecular flexibility index (Phi) is 4.85.